The molecule has 0 aliphatic carbocycles. The van der Waals surface area contributed by atoms with Crippen molar-refractivity contribution >= 4 is 17.0 Å². The summed E-state index contributed by atoms with van der Waals surface area (Å²) in [7, 11) is 1.84. The quantitative estimate of drug-likeness (QED) is 0.720. The number of hydrogen-bond donors (Lipinski definition) is 2. The van der Waals surface area contributed by atoms with Crippen LogP contribution in [-0.4, -0.2) is 27.0 Å². The van der Waals surface area contributed by atoms with Crippen LogP contribution in [0.25, 0.3) is 22.6 Å². The lowest BCUT2D eigenvalue weighted by atomic mass is 10.1. The van der Waals surface area contributed by atoms with Gasteiger partial charge in [0.05, 0.1) is 5.52 Å². The second-order valence-corrected chi connectivity index (χ2v) is 4.09. The molecule has 0 aromatic carbocycles. The van der Waals surface area contributed by atoms with Gasteiger partial charge >= 0.3 is 0 Å². The molecule has 0 saturated carbocycles. The van der Waals surface area contributed by atoms with Crippen LogP contribution < -0.4 is 5.32 Å². The van der Waals surface area contributed by atoms with Crippen LogP contribution in [0.3, 0.4) is 0 Å². The molecule has 2 N–H and O–H groups in total. The minimum Gasteiger partial charge on any atom is -0.373 e. The first-order valence-electron chi connectivity index (χ1n) is 5.73. The van der Waals surface area contributed by atoms with Gasteiger partial charge in [-0.3, -0.25) is 4.98 Å². The molecule has 0 atom stereocenters. The largest absolute Gasteiger partial charge is 0.373 e. The third-order valence-corrected chi connectivity index (χ3v) is 2.88. The molecular weight excluding hydrogens is 226 g/mol. The second kappa shape index (κ2) is 4.10. The molecule has 0 unspecified atom stereocenters. The Labute approximate surface area is 104 Å². The molecule has 5 heteroatoms. The third-order valence-electron chi connectivity index (χ3n) is 2.88. The third kappa shape index (κ3) is 1.69. The van der Waals surface area contributed by atoms with Gasteiger partial charge in [0.1, 0.15) is 11.6 Å². The van der Waals surface area contributed by atoms with Gasteiger partial charge in [0.15, 0.2) is 5.65 Å². The van der Waals surface area contributed by atoms with Gasteiger partial charge in [-0.15, -0.1) is 0 Å². The minimum absolute atomic E-state index is 0.716. The lowest BCUT2D eigenvalue weighted by Gasteiger charge is -1.99. The number of anilines is 1. The highest BCUT2D eigenvalue weighted by Crippen LogP contribution is 2.22. The number of imidazole rings is 1. The van der Waals surface area contributed by atoms with Gasteiger partial charge in [0, 0.05) is 25.0 Å². The summed E-state index contributed by atoms with van der Waals surface area (Å²) in [5.74, 6) is 1.64. The van der Waals surface area contributed by atoms with Crippen LogP contribution in [0, 0.1) is 6.92 Å². The summed E-state index contributed by atoms with van der Waals surface area (Å²) in [5, 5.41) is 3.00. The maximum absolute atomic E-state index is 4.52. The van der Waals surface area contributed by atoms with Gasteiger partial charge in [0.25, 0.3) is 0 Å². The number of hydrogen-bond acceptors (Lipinski definition) is 4. The maximum atomic E-state index is 4.52. The molecule has 0 amide bonds. The first kappa shape index (κ1) is 10.7. The van der Waals surface area contributed by atoms with Crippen LogP contribution in [0.4, 0.5) is 5.82 Å². The van der Waals surface area contributed by atoms with E-state index in [9.17, 15) is 0 Å². The van der Waals surface area contributed by atoms with E-state index in [4.69, 9.17) is 0 Å². The smallest absolute Gasteiger partial charge is 0.180 e. The first-order valence-corrected chi connectivity index (χ1v) is 5.73. The Hall–Kier alpha value is -2.43. The summed E-state index contributed by atoms with van der Waals surface area (Å²) in [6.45, 7) is 2.02. The van der Waals surface area contributed by atoms with Gasteiger partial charge in [-0.05, 0) is 30.7 Å². The van der Waals surface area contributed by atoms with Crippen LogP contribution in [0.1, 0.15) is 5.56 Å². The molecule has 18 heavy (non-hydrogen) atoms. The second-order valence-electron chi connectivity index (χ2n) is 4.09. The van der Waals surface area contributed by atoms with Crippen molar-refractivity contribution < 1.29 is 0 Å². The topological polar surface area (TPSA) is 66.5 Å². The van der Waals surface area contributed by atoms with Crippen molar-refractivity contribution in [2.75, 3.05) is 12.4 Å². The summed E-state index contributed by atoms with van der Waals surface area (Å²) in [5.41, 5.74) is 3.78. The normalized spacial score (nSPS) is 10.8. The fourth-order valence-electron chi connectivity index (χ4n) is 1.90. The highest BCUT2D eigenvalue weighted by molar-refractivity contribution is 5.78. The van der Waals surface area contributed by atoms with Gasteiger partial charge < -0.3 is 10.3 Å². The van der Waals surface area contributed by atoms with E-state index in [0.29, 0.717) is 5.65 Å². The Morgan fingerprint density at radius 3 is 2.83 bits per heavy atom. The molecule has 0 bridgehead atoms. The fourth-order valence-corrected chi connectivity index (χ4v) is 1.90. The standard InChI is InChI=1S/C13H13N5/c1-8-7-15-6-5-9(8)12-16-10-3-4-11(14-2)17-13(10)18-12/h3-7H,1-2H3,(H2,14,16,17,18). The summed E-state index contributed by atoms with van der Waals surface area (Å²) in [4.78, 5) is 16.3. The highest BCUT2D eigenvalue weighted by atomic mass is 15.0. The molecule has 3 aromatic rings. The lowest BCUT2D eigenvalue weighted by Crippen LogP contribution is -1.91. The number of aromatic nitrogens is 4. The average Bonchev–Trinajstić information content (AvgIpc) is 2.81. The van der Waals surface area contributed by atoms with E-state index in [1.54, 1.807) is 6.20 Å². The van der Waals surface area contributed by atoms with Crippen molar-refractivity contribution in [3.05, 3.63) is 36.2 Å². The van der Waals surface area contributed by atoms with Crippen molar-refractivity contribution in [3.63, 3.8) is 0 Å². The lowest BCUT2D eigenvalue weighted by molar-refractivity contribution is 1.23. The number of aryl methyl sites for hydroxylation is 1. The van der Waals surface area contributed by atoms with Crippen molar-refractivity contribution in [1.29, 1.82) is 0 Å². The number of nitrogens with zero attached hydrogens (tertiary/aromatic N) is 3. The van der Waals surface area contributed by atoms with Gasteiger partial charge in [-0.1, -0.05) is 0 Å². The van der Waals surface area contributed by atoms with Gasteiger partial charge in [-0.25, -0.2) is 9.97 Å². The Morgan fingerprint density at radius 1 is 1.17 bits per heavy atom. The molecule has 0 radical (unpaired) electrons. The minimum atomic E-state index is 0.716. The Kier molecular flexibility index (Phi) is 2.44. The molecule has 0 saturated heterocycles. The number of rotatable bonds is 2. The van der Waals surface area contributed by atoms with Gasteiger partial charge in [0.2, 0.25) is 0 Å². The van der Waals surface area contributed by atoms with Crippen molar-refractivity contribution in [2.45, 2.75) is 6.92 Å². The van der Waals surface area contributed by atoms with E-state index in [0.717, 1.165) is 28.3 Å². The Balaban J connectivity index is 2.17. The van der Waals surface area contributed by atoms with E-state index in [2.05, 4.69) is 25.3 Å². The molecule has 3 aromatic heterocycles. The molecule has 5 nitrogen and oxygen atoms in total. The zero-order valence-electron chi connectivity index (χ0n) is 10.2. The molecule has 90 valence electrons. The molecule has 0 fully saturated rings. The Morgan fingerprint density at radius 2 is 2.06 bits per heavy atom. The van der Waals surface area contributed by atoms with Gasteiger partial charge in [-0.2, -0.15) is 0 Å². The predicted molar refractivity (Wildman–Crippen MR) is 71.4 cm³/mol. The van der Waals surface area contributed by atoms with Crippen LogP contribution in [0.15, 0.2) is 30.6 Å². The van der Waals surface area contributed by atoms with E-state index in [1.165, 1.54) is 0 Å². The number of H-pyrrole nitrogens is 1. The molecule has 3 rings (SSSR count). The van der Waals surface area contributed by atoms with Crippen molar-refractivity contribution in [1.82, 2.24) is 19.9 Å². The zero-order valence-corrected chi connectivity index (χ0v) is 10.2. The summed E-state index contributed by atoms with van der Waals surface area (Å²) in [6.07, 6.45) is 3.59. The molecule has 0 aliphatic heterocycles. The van der Waals surface area contributed by atoms with E-state index in [-0.39, 0.29) is 0 Å². The van der Waals surface area contributed by atoms with Crippen LogP contribution in [0.5, 0.6) is 0 Å². The number of pyridine rings is 2. The van der Waals surface area contributed by atoms with Crippen molar-refractivity contribution in [2.24, 2.45) is 0 Å². The molecule has 0 spiro atoms. The maximum Gasteiger partial charge on any atom is 0.180 e. The summed E-state index contributed by atoms with van der Waals surface area (Å²) in [6, 6.07) is 5.84. The fraction of sp³-hybridized carbons (Fsp3) is 0.154. The van der Waals surface area contributed by atoms with Crippen molar-refractivity contribution in [3.8, 4) is 11.4 Å². The molecule has 0 aliphatic rings. The van der Waals surface area contributed by atoms with E-state index < -0.39 is 0 Å². The van der Waals surface area contributed by atoms with Crippen LogP contribution in [0.2, 0.25) is 0 Å². The van der Waals surface area contributed by atoms with Crippen LogP contribution >= 0.6 is 0 Å². The van der Waals surface area contributed by atoms with E-state index >= 15 is 0 Å². The first-order chi connectivity index (χ1) is 8.78. The number of nitrogens with one attached hydrogen (secondary N) is 2. The Bertz CT molecular complexity index is 701. The summed E-state index contributed by atoms with van der Waals surface area (Å²) < 4.78 is 0. The van der Waals surface area contributed by atoms with E-state index in [1.807, 2.05) is 38.4 Å². The monoisotopic (exact) mass is 239 g/mol. The predicted octanol–water partition coefficient (Wildman–Crippen LogP) is 2.37. The summed E-state index contributed by atoms with van der Waals surface area (Å²) >= 11 is 0. The molecule has 3 heterocycles. The van der Waals surface area contributed by atoms with Crippen LogP contribution in [-0.2, 0) is 0 Å². The zero-order chi connectivity index (χ0) is 12.5. The SMILES string of the molecule is CNc1ccc2[nH]c(-c3ccncc3C)nc2n1. The molecular formula is C13H13N5. The number of aromatic amines is 1. The number of fused-ring (bicyclic) bond motifs is 1. The average molecular weight is 239 g/mol. The highest BCUT2D eigenvalue weighted by Gasteiger charge is 2.08.